The van der Waals surface area contributed by atoms with Crippen molar-refractivity contribution in [1.82, 2.24) is 14.7 Å². The van der Waals surface area contributed by atoms with Crippen molar-refractivity contribution in [3.63, 3.8) is 0 Å². The molecule has 0 spiro atoms. The molecule has 0 saturated carbocycles. The van der Waals surface area contributed by atoms with E-state index in [1.54, 1.807) is 36.1 Å². The Morgan fingerprint density at radius 3 is 2.74 bits per heavy atom. The molecular weight excluding hydrogens is 372 g/mol. The first-order valence-corrected chi connectivity index (χ1v) is 8.90. The predicted octanol–water partition coefficient (Wildman–Crippen LogP) is 1.96. The molecular formula is C18H21ClN4O4. The van der Waals surface area contributed by atoms with Gasteiger partial charge in [0.15, 0.2) is 5.69 Å². The standard InChI is InChI=1S/C18H21ClN4O4/c1-12-9-15(18(25)22-5-7-27-8-6-22)21-23(12)11-17(24)20-14-10-13(19)3-4-16(14)26-2/h3-4,9-10H,5-8,11H2,1-2H3,(H,20,24). The average Bonchev–Trinajstić information content (AvgIpc) is 3.02. The van der Waals surface area contributed by atoms with Crippen LogP contribution in [0, 0.1) is 6.92 Å². The third-order valence-electron chi connectivity index (χ3n) is 4.23. The van der Waals surface area contributed by atoms with Crippen LogP contribution in [0.15, 0.2) is 24.3 Å². The molecule has 9 heteroatoms. The first-order valence-electron chi connectivity index (χ1n) is 8.53. The van der Waals surface area contributed by atoms with Crippen LogP contribution in [0.1, 0.15) is 16.2 Å². The summed E-state index contributed by atoms with van der Waals surface area (Å²) >= 11 is 5.98. The summed E-state index contributed by atoms with van der Waals surface area (Å²) in [6.07, 6.45) is 0. The van der Waals surface area contributed by atoms with Gasteiger partial charge < -0.3 is 19.7 Å². The van der Waals surface area contributed by atoms with Gasteiger partial charge in [-0.25, -0.2) is 0 Å². The molecule has 144 valence electrons. The smallest absolute Gasteiger partial charge is 0.274 e. The summed E-state index contributed by atoms with van der Waals surface area (Å²) < 4.78 is 12.0. The summed E-state index contributed by atoms with van der Waals surface area (Å²) in [5, 5.41) is 7.54. The number of nitrogens with one attached hydrogen (secondary N) is 1. The Bertz CT molecular complexity index is 846. The first kappa shape index (κ1) is 19.2. The number of carbonyl (C=O) groups excluding carboxylic acids is 2. The highest BCUT2D eigenvalue weighted by Crippen LogP contribution is 2.27. The molecule has 2 aromatic rings. The van der Waals surface area contributed by atoms with Crippen molar-refractivity contribution in [3.8, 4) is 5.75 Å². The molecule has 2 heterocycles. The lowest BCUT2D eigenvalue weighted by molar-refractivity contribution is -0.117. The quantitative estimate of drug-likeness (QED) is 0.840. The number of ether oxygens (including phenoxy) is 2. The molecule has 0 aliphatic carbocycles. The van der Waals surface area contributed by atoms with E-state index >= 15 is 0 Å². The summed E-state index contributed by atoms with van der Waals surface area (Å²) in [7, 11) is 1.51. The molecule has 0 radical (unpaired) electrons. The lowest BCUT2D eigenvalue weighted by Crippen LogP contribution is -2.40. The van der Waals surface area contributed by atoms with Crippen LogP contribution in [0.5, 0.6) is 5.75 Å². The Balaban J connectivity index is 1.69. The minimum atomic E-state index is -0.299. The first-order chi connectivity index (χ1) is 13.0. The number of rotatable bonds is 5. The van der Waals surface area contributed by atoms with Crippen molar-refractivity contribution in [3.05, 3.63) is 40.7 Å². The topological polar surface area (TPSA) is 85.7 Å². The summed E-state index contributed by atoms with van der Waals surface area (Å²) in [4.78, 5) is 26.6. The monoisotopic (exact) mass is 392 g/mol. The van der Waals surface area contributed by atoms with Gasteiger partial charge in [0.2, 0.25) is 5.91 Å². The zero-order valence-corrected chi connectivity index (χ0v) is 16.0. The molecule has 1 N–H and O–H groups in total. The molecule has 1 aliphatic rings. The molecule has 0 bridgehead atoms. The SMILES string of the molecule is COc1ccc(Cl)cc1NC(=O)Cn1nc(C(=O)N2CCOCC2)cc1C. The summed E-state index contributed by atoms with van der Waals surface area (Å²) in [5.74, 6) is 0.0531. The summed E-state index contributed by atoms with van der Waals surface area (Å²) in [6, 6.07) is 6.65. The summed E-state index contributed by atoms with van der Waals surface area (Å²) in [5.41, 5.74) is 1.52. The van der Waals surface area contributed by atoms with Gasteiger partial charge in [-0.05, 0) is 31.2 Å². The van der Waals surface area contributed by atoms with Gasteiger partial charge >= 0.3 is 0 Å². The molecule has 27 heavy (non-hydrogen) atoms. The zero-order valence-electron chi connectivity index (χ0n) is 15.2. The van der Waals surface area contributed by atoms with E-state index in [4.69, 9.17) is 21.1 Å². The van der Waals surface area contributed by atoms with Crippen molar-refractivity contribution in [2.45, 2.75) is 13.5 Å². The third kappa shape index (κ3) is 4.58. The van der Waals surface area contributed by atoms with Crippen molar-refractivity contribution in [2.24, 2.45) is 0 Å². The molecule has 1 aliphatic heterocycles. The molecule has 1 aromatic heterocycles. The number of halogens is 1. The van der Waals surface area contributed by atoms with Crippen LogP contribution in [0.4, 0.5) is 5.69 Å². The largest absolute Gasteiger partial charge is 0.495 e. The van der Waals surface area contributed by atoms with Crippen molar-refractivity contribution in [1.29, 1.82) is 0 Å². The van der Waals surface area contributed by atoms with E-state index in [-0.39, 0.29) is 18.4 Å². The minimum absolute atomic E-state index is 0.0299. The Hall–Kier alpha value is -2.58. The van der Waals surface area contributed by atoms with E-state index in [9.17, 15) is 9.59 Å². The Kier molecular flexibility index (Phi) is 5.98. The van der Waals surface area contributed by atoms with Gasteiger partial charge in [0.25, 0.3) is 5.91 Å². The number of morpholine rings is 1. The molecule has 2 amide bonds. The fourth-order valence-corrected chi connectivity index (χ4v) is 2.98. The Morgan fingerprint density at radius 1 is 1.30 bits per heavy atom. The van der Waals surface area contributed by atoms with Crippen molar-refractivity contribution in [2.75, 3.05) is 38.7 Å². The molecule has 0 atom stereocenters. The van der Waals surface area contributed by atoms with Crippen molar-refractivity contribution >= 4 is 29.1 Å². The van der Waals surface area contributed by atoms with Gasteiger partial charge in [-0.15, -0.1) is 0 Å². The van der Waals surface area contributed by atoms with Crippen molar-refractivity contribution < 1.29 is 19.1 Å². The van der Waals surface area contributed by atoms with Gasteiger partial charge in [0, 0.05) is 23.8 Å². The van der Waals surface area contributed by atoms with Gasteiger partial charge in [-0.1, -0.05) is 11.6 Å². The number of methoxy groups -OCH3 is 1. The van der Waals surface area contributed by atoms with Crippen LogP contribution in [-0.2, 0) is 16.1 Å². The fraction of sp³-hybridized carbons (Fsp3) is 0.389. The predicted molar refractivity (Wildman–Crippen MR) is 100 cm³/mol. The second kappa shape index (κ2) is 8.41. The maximum atomic E-state index is 12.5. The average molecular weight is 393 g/mol. The minimum Gasteiger partial charge on any atom is -0.495 e. The molecule has 1 saturated heterocycles. The number of hydrogen-bond donors (Lipinski definition) is 1. The molecule has 3 rings (SSSR count). The van der Waals surface area contributed by atoms with E-state index in [2.05, 4.69) is 10.4 Å². The highest BCUT2D eigenvalue weighted by molar-refractivity contribution is 6.31. The number of aromatic nitrogens is 2. The zero-order chi connectivity index (χ0) is 19.4. The van der Waals surface area contributed by atoms with E-state index in [1.807, 2.05) is 0 Å². The van der Waals surface area contributed by atoms with Crippen LogP contribution in [0.25, 0.3) is 0 Å². The van der Waals surface area contributed by atoms with Crippen LogP contribution in [-0.4, -0.2) is 59.9 Å². The second-order valence-corrected chi connectivity index (χ2v) is 6.56. The fourth-order valence-electron chi connectivity index (χ4n) is 2.81. The highest BCUT2D eigenvalue weighted by Gasteiger charge is 2.22. The number of nitrogens with zero attached hydrogens (tertiary/aromatic N) is 3. The van der Waals surface area contributed by atoms with Gasteiger partial charge in [0.05, 0.1) is 26.0 Å². The highest BCUT2D eigenvalue weighted by atomic mass is 35.5. The Labute approximate surface area is 162 Å². The second-order valence-electron chi connectivity index (χ2n) is 6.13. The molecule has 1 aromatic carbocycles. The van der Waals surface area contributed by atoms with Crippen LogP contribution in [0.2, 0.25) is 5.02 Å². The summed E-state index contributed by atoms with van der Waals surface area (Å²) in [6.45, 7) is 3.90. The van der Waals surface area contributed by atoms with E-state index in [0.717, 1.165) is 5.69 Å². The number of hydrogen-bond acceptors (Lipinski definition) is 5. The maximum Gasteiger partial charge on any atom is 0.274 e. The van der Waals surface area contributed by atoms with E-state index in [1.165, 1.54) is 11.8 Å². The molecule has 1 fully saturated rings. The van der Waals surface area contributed by atoms with Crippen LogP contribution < -0.4 is 10.1 Å². The molecule has 8 nitrogen and oxygen atoms in total. The number of aryl methyl sites for hydroxylation is 1. The van der Waals surface area contributed by atoms with Crippen LogP contribution >= 0.6 is 11.6 Å². The number of carbonyl (C=O) groups is 2. The normalized spacial score (nSPS) is 14.1. The maximum absolute atomic E-state index is 12.5. The van der Waals surface area contributed by atoms with Gasteiger partial charge in [-0.2, -0.15) is 5.10 Å². The van der Waals surface area contributed by atoms with E-state index in [0.29, 0.717) is 48.5 Å². The van der Waals surface area contributed by atoms with E-state index < -0.39 is 0 Å². The number of anilines is 1. The third-order valence-corrected chi connectivity index (χ3v) is 4.46. The lowest BCUT2D eigenvalue weighted by atomic mass is 10.3. The van der Waals surface area contributed by atoms with Crippen LogP contribution in [0.3, 0.4) is 0 Å². The van der Waals surface area contributed by atoms with Gasteiger partial charge in [0.1, 0.15) is 12.3 Å². The van der Waals surface area contributed by atoms with Gasteiger partial charge in [-0.3, -0.25) is 14.3 Å². The Morgan fingerprint density at radius 2 is 2.04 bits per heavy atom. The number of amides is 2. The number of benzene rings is 1. The molecule has 0 unspecified atom stereocenters. The lowest BCUT2D eigenvalue weighted by Gasteiger charge is -2.25.